The molecule has 1 saturated heterocycles. The Balaban J connectivity index is 1.99. The highest BCUT2D eigenvalue weighted by Crippen LogP contribution is 2.32. The van der Waals surface area contributed by atoms with E-state index in [4.69, 9.17) is 4.74 Å². The summed E-state index contributed by atoms with van der Waals surface area (Å²) in [6.45, 7) is 2.91. The van der Waals surface area contributed by atoms with Crippen molar-refractivity contribution >= 4 is 16.0 Å². The van der Waals surface area contributed by atoms with Crippen molar-refractivity contribution in [1.82, 2.24) is 4.31 Å². The van der Waals surface area contributed by atoms with Crippen LogP contribution in [0.2, 0.25) is 0 Å². The maximum atomic E-state index is 12.7. The highest BCUT2D eigenvalue weighted by atomic mass is 32.2. The number of benzene rings is 1. The number of hydrogen-bond donors (Lipinski definition) is 1. The lowest BCUT2D eigenvalue weighted by molar-refractivity contribution is -0.141. The van der Waals surface area contributed by atoms with Crippen molar-refractivity contribution in [2.24, 2.45) is 5.92 Å². The minimum Gasteiger partial charge on any atom is -0.480 e. The van der Waals surface area contributed by atoms with Crippen LogP contribution in [0.4, 0.5) is 0 Å². The van der Waals surface area contributed by atoms with Crippen LogP contribution in [0, 0.1) is 5.92 Å². The summed E-state index contributed by atoms with van der Waals surface area (Å²) in [5.74, 6) is -1.27. The molecule has 114 valence electrons. The Hall–Kier alpha value is -1.44. The molecule has 1 fully saturated rings. The fourth-order valence-electron chi connectivity index (χ4n) is 2.99. The third-order valence-corrected chi connectivity index (χ3v) is 6.08. The lowest BCUT2D eigenvalue weighted by atomic mass is 10.0. The van der Waals surface area contributed by atoms with Crippen LogP contribution in [-0.2, 0) is 32.8 Å². The van der Waals surface area contributed by atoms with Gasteiger partial charge in [0.15, 0.2) is 0 Å². The van der Waals surface area contributed by atoms with Gasteiger partial charge in [-0.2, -0.15) is 4.31 Å². The Morgan fingerprint density at radius 2 is 2.05 bits per heavy atom. The average Bonchev–Trinajstić information content (AvgIpc) is 3.03. The molecule has 3 rings (SSSR count). The standard InChI is InChI=1S/C14H17NO5S/c1-9-4-5-15(13(9)14(16)17)21(18,19)12-3-2-10-7-20-8-11(10)6-12/h2-3,6,9,13H,4-5,7-8H2,1H3,(H,16,17). The van der Waals surface area contributed by atoms with Crippen LogP contribution in [0.3, 0.4) is 0 Å². The number of ether oxygens (including phenoxy) is 1. The third kappa shape index (κ3) is 2.35. The summed E-state index contributed by atoms with van der Waals surface area (Å²) in [6, 6.07) is 3.88. The first-order chi connectivity index (χ1) is 9.91. The Labute approximate surface area is 123 Å². The molecule has 0 spiro atoms. The van der Waals surface area contributed by atoms with Crippen molar-refractivity contribution in [3.05, 3.63) is 29.3 Å². The fourth-order valence-corrected chi connectivity index (χ4v) is 4.74. The van der Waals surface area contributed by atoms with Gasteiger partial charge in [-0.05, 0) is 35.6 Å². The smallest absolute Gasteiger partial charge is 0.322 e. The number of sulfonamides is 1. The molecular formula is C14H17NO5S. The zero-order valence-corrected chi connectivity index (χ0v) is 12.5. The van der Waals surface area contributed by atoms with Crippen molar-refractivity contribution in [1.29, 1.82) is 0 Å². The first kappa shape index (κ1) is 14.5. The van der Waals surface area contributed by atoms with Crippen LogP contribution in [0.5, 0.6) is 0 Å². The number of carbonyl (C=O) groups is 1. The molecule has 2 atom stereocenters. The predicted molar refractivity (Wildman–Crippen MR) is 74.0 cm³/mol. The second-order valence-corrected chi connectivity index (χ2v) is 7.48. The normalized spacial score (nSPS) is 26.0. The molecular weight excluding hydrogens is 294 g/mol. The molecule has 2 heterocycles. The van der Waals surface area contributed by atoms with E-state index >= 15 is 0 Å². The number of carboxylic acid groups (broad SMARTS) is 1. The molecule has 7 heteroatoms. The van der Waals surface area contributed by atoms with E-state index in [1.165, 1.54) is 6.07 Å². The zero-order valence-electron chi connectivity index (χ0n) is 11.7. The largest absolute Gasteiger partial charge is 0.480 e. The van der Waals surface area contributed by atoms with Crippen LogP contribution in [0.15, 0.2) is 23.1 Å². The van der Waals surface area contributed by atoms with Gasteiger partial charge in [-0.3, -0.25) is 4.79 Å². The zero-order chi connectivity index (χ0) is 15.2. The average molecular weight is 311 g/mol. The fraction of sp³-hybridized carbons (Fsp3) is 0.500. The van der Waals surface area contributed by atoms with Gasteiger partial charge in [-0.1, -0.05) is 13.0 Å². The molecule has 0 amide bonds. The molecule has 0 aromatic heterocycles. The van der Waals surface area contributed by atoms with Gasteiger partial charge in [0.25, 0.3) is 0 Å². The second-order valence-electron chi connectivity index (χ2n) is 5.59. The maximum absolute atomic E-state index is 12.7. The topological polar surface area (TPSA) is 83.9 Å². The summed E-state index contributed by atoms with van der Waals surface area (Å²) in [4.78, 5) is 11.5. The van der Waals surface area contributed by atoms with Gasteiger partial charge < -0.3 is 9.84 Å². The Morgan fingerprint density at radius 3 is 2.76 bits per heavy atom. The Bertz CT molecular complexity index is 685. The minimum atomic E-state index is -3.79. The summed E-state index contributed by atoms with van der Waals surface area (Å²) >= 11 is 0. The summed E-state index contributed by atoms with van der Waals surface area (Å²) in [7, 11) is -3.79. The second kappa shape index (κ2) is 5.08. The van der Waals surface area contributed by atoms with Crippen molar-refractivity contribution < 1.29 is 23.1 Å². The summed E-state index contributed by atoms with van der Waals surface area (Å²) in [6.07, 6.45) is 0.560. The molecule has 0 aliphatic carbocycles. The van der Waals surface area contributed by atoms with Crippen LogP contribution in [0.25, 0.3) is 0 Å². The van der Waals surface area contributed by atoms with Crippen LogP contribution in [-0.4, -0.2) is 36.4 Å². The first-order valence-corrected chi connectivity index (χ1v) is 8.29. The van der Waals surface area contributed by atoms with E-state index in [2.05, 4.69) is 0 Å². The summed E-state index contributed by atoms with van der Waals surface area (Å²) in [5.41, 5.74) is 1.84. The number of nitrogens with zero attached hydrogens (tertiary/aromatic N) is 1. The van der Waals surface area contributed by atoms with Gasteiger partial charge in [0.05, 0.1) is 18.1 Å². The van der Waals surface area contributed by atoms with E-state index in [1.54, 1.807) is 19.1 Å². The molecule has 0 radical (unpaired) electrons. The van der Waals surface area contributed by atoms with Crippen LogP contribution in [0.1, 0.15) is 24.5 Å². The molecule has 1 aromatic carbocycles. The first-order valence-electron chi connectivity index (χ1n) is 6.85. The highest BCUT2D eigenvalue weighted by Gasteiger charge is 2.44. The number of rotatable bonds is 3. The van der Waals surface area contributed by atoms with Crippen molar-refractivity contribution in [2.75, 3.05) is 6.54 Å². The molecule has 2 unspecified atom stereocenters. The van der Waals surface area contributed by atoms with Crippen molar-refractivity contribution in [3.63, 3.8) is 0 Å². The molecule has 0 saturated carbocycles. The Kier molecular flexibility index (Phi) is 3.51. The van der Waals surface area contributed by atoms with E-state index in [1.807, 2.05) is 0 Å². The van der Waals surface area contributed by atoms with Crippen LogP contribution < -0.4 is 0 Å². The molecule has 21 heavy (non-hydrogen) atoms. The van der Waals surface area contributed by atoms with E-state index in [0.717, 1.165) is 15.4 Å². The molecule has 0 bridgehead atoms. The van der Waals surface area contributed by atoms with Gasteiger partial charge in [0.1, 0.15) is 6.04 Å². The van der Waals surface area contributed by atoms with E-state index < -0.39 is 22.0 Å². The number of carboxylic acids is 1. The van der Waals surface area contributed by atoms with Gasteiger partial charge in [-0.15, -0.1) is 0 Å². The lowest BCUT2D eigenvalue weighted by Crippen LogP contribution is -2.42. The monoisotopic (exact) mass is 311 g/mol. The van der Waals surface area contributed by atoms with E-state index in [9.17, 15) is 18.3 Å². The minimum absolute atomic E-state index is 0.145. The SMILES string of the molecule is CC1CCN(S(=O)(=O)c2ccc3c(c2)COC3)C1C(=O)O. The lowest BCUT2D eigenvalue weighted by Gasteiger charge is -2.23. The highest BCUT2D eigenvalue weighted by molar-refractivity contribution is 7.89. The molecule has 2 aliphatic heterocycles. The van der Waals surface area contributed by atoms with E-state index in [-0.39, 0.29) is 17.4 Å². The third-order valence-electron chi connectivity index (χ3n) is 4.21. The van der Waals surface area contributed by atoms with Gasteiger partial charge in [0, 0.05) is 6.54 Å². The molecule has 6 nitrogen and oxygen atoms in total. The molecule has 1 aromatic rings. The molecule has 2 aliphatic rings. The van der Waals surface area contributed by atoms with Crippen LogP contribution >= 0.6 is 0 Å². The summed E-state index contributed by atoms with van der Waals surface area (Å²) < 4.78 is 31.8. The van der Waals surface area contributed by atoms with E-state index in [0.29, 0.717) is 19.6 Å². The van der Waals surface area contributed by atoms with Crippen molar-refractivity contribution in [2.45, 2.75) is 37.5 Å². The molecule has 1 N–H and O–H groups in total. The van der Waals surface area contributed by atoms with Gasteiger partial charge in [0.2, 0.25) is 10.0 Å². The van der Waals surface area contributed by atoms with Gasteiger partial charge in [-0.25, -0.2) is 8.42 Å². The number of hydrogen-bond acceptors (Lipinski definition) is 4. The van der Waals surface area contributed by atoms with Gasteiger partial charge >= 0.3 is 5.97 Å². The summed E-state index contributed by atoms with van der Waals surface area (Å²) in [5, 5.41) is 9.29. The van der Waals surface area contributed by atoms with Crippen molar-refractivity contribution in [3.8, 4) is 0 Å². The maximum Gasteiger partial charge on any atom is 0.322 e. The number of aliphatic carboxylic acids is 1. The Morgan fingerprint density at radius 1 is 1.33 bits per heavy atom. The number of fused-ring (bicyclic) bond motifs is 1. The quantitative estimate of drug-likeness (QED) is 0.907. The predicted octanol–water partition coefficient (Wildman–Crippen LogP) is 1.20.